The number of nitrogens with one attached hydrogen (secondary N) is 2. The number of fused-ring (bicyclic) bond motifs is 16. The van der Waals surface area contributed by atoms with Crippen LogP contribution >= 0.6 is 0 Å². The van der Waals surface area contributed by atoms with Crippen molar-refractivity contribution in [3.8, 4) is 34.4 Å². The van der Waals surface area contributed by atoms with Crippen LogP contribution in [0.4, 0.5) is 0 Å². The third-order valence-electron chi connectivity index (χ3n) is 9.89. The minimum atomic E-state index is -0.464. The molecule has 0 fully saturated rings. The smallest absolute Gasteiger partial charge is 0.162 e. The number of rotatable bonds is 2. The lowest BCUT2D eigenvalue weighted by Gasteiger charge is -2.22. The summed E-state index contributed by atoms with van der Waals surface area (Å²) in [6, 6.07) is 38.3. The summed E-state index contributed by atoms with van der Waals surface area (Å²) in [4.78, 5) is 18.8. The maximum atomic E-state index is 5.48. The van der Waals surface area contributed by atoms with Crippen LogP contribution in [-0.4, -0.2) is 29.1 Å². The van der Waals surface area contributed by atoms with Crippen molar-refractivity contribution in [2.75, 3.05) is 0 Å². The summed E-state index contributed by atoms with van der Waals surface area (Å²) in [5.41, 5.74) is 7.39. The molecule has 9 rings (SSSR count). The van der Waals surface area contributed by atoms with Crippen molar-refractivity contribution in [1.82, 2.24) is 29.1 Å². The highest BCUT2D eigenvalue weighted by Crippen LogP contribution is 2.45. The first-order valence-corrected chi connectivity index (χ1v) is 15.9. The average molecular weight is 599 g/mol. The van der Waals surface area contributed by atoms with Gasteiger partial charge in [0.25, 0.3) is 0 Å². The second kappa shape index (κ2) is 9.44. The Labute approximate surface area is 267 Å². The Morgan fingerprint density at radius 2 is 0.804 bits per heavy atom. The molecule has 0 amide bonds. The molecule has 0 saturated heterocycles. The van der Waals surface area contributed by atoms with Crippen LogP contribution in [0.1, 0.15) is 50.5 Å². The van der Waals surface area contributed by atoms with Gasteiger partial charge in [-0.05, 0) is 52.0 Å². The molecular weight excluding hydrogens is 564 g/mol. The molecule has 224 valence electrons. The van der Waals surface area contributed by atoms with Gasteiger partial charge in [0.2, 0.25) is 0 Å². The third-order valence-corrected chi connectivity index (χ3v) is 9.89. The summed E-state index contributed by atoms with van der Waals surface area (Å²) < 4.78 is 4.47. The highest BCUT2D eigenvalue weighted by molar-refractivity contribution is 5.99. The zero-order valence-electron chi connectivity index (χ0n) is 26.3. The van der Waals surface area contributed by atoms with Crippen LogP contribution in [0.5, 0.6) is 0 Å². The van der Waals surface area contributed by atoms with E-state index < -0.39 is 10.8 Å². The van der Waals surface area contributed by atoms with Crippen molar-refractivity contribution < 1.29 is 0 Å². The van der Waals surface area contributed by atoms with Crippen molar-refractivity contribution in [3.63, 3.8) is 0 Å². The summed E-state index contributed by atoms with van der Waals surface area (Å²) >= 11 is 0. The fourth-order valence-corrected chi connectivity index (χ4v) is 7.24. The first-order chi connectivity index (χ1) is 22.3. The third kappa shape index (κ3) is 3.70. The summed E-state index contributed by atoms with van der Waals surface area (Å²) in [5.74, 6) is 1.77. The topological polar surface area (TPSA) is 67.2 Å². The summed E-state index contributed by atoms with van der Waals surface area (Å²) in [7, 11) is 0. The van der Waals surface area contributed by atoms with Gasteiger partial charge in [0.05, 0.1) is 22.8 Å². The van der Waals surface area contributed by atoms with Crippen LogP contribution in [0.25, 0.3) is 56.0 Å². The zero-order chi connectivity index (χ0) is 31.2. The van der Waals surface area contributed by atoms with E-state index in [1.165, 1.54) is 10.8 Å². The Bertz CT molecular complexity index is 2240. The molecule has 0 spiro atoms. The molecule has 0 unspecified atom stereocenters. The highest BCUT2D eigenvalue weighted by atomic mass is 15.1. The van der Waals surface area contributed by atoms with Gasteiger partial charge in [-0.3, -0.25) is 9.13 Å². The minimum absolute atomic E-state index is 0.464. The van der Waals surface area contributed by atoms with Gasteiger partial charge in [-0.15, -0.1) is 0 Å². The minimum Gasteiger partial charge on any atom is -0.354 e. The van der Waals surface area contributed by atoms with Gasteiger partial charge in [-0.2, -0.15) is 0 Å². The van der Waals surface area contributed by atoms with E-state index in [1.807, 2.05) is 0 Å². The van der Waals surface area contributed by atoms with Crippen LogP contribution in [0, 0.1) is 0 Å². The first-order valence-electron chi connectivity index (χ1n) is 15.9. The first kappa shape index (κ1) is 26.8. The molecule has 0 aliphatic carbocycles. The van der Waals surface area contributed by atoms with E-state index in [-0.39, 0.29) is 0 Å². The van der Waals surface area contributed by atoms with Gasteiger partial charge >= 0.3 is 0 Å². The van der Waals surface area contributed by atoms with Crippen molar-refractivity contribution in [3.05, 3.63) is 144 Å². The molecule has 4 aromatic heterocycles. The molecule has 4 aromatic carbocycles. The predicted molar refractivity (Wildman–Crippen MR) is 186 cm³/mol. The van der Waals surface area contributed by atoms with Gasteiger partial charge in [0.1, 0.15) is 0 Å². The van der Waals surface area contributed by atoms with Crippen LogP contribution < -0.4 is 0 Å². The predicted octanol–water partition coefficient (Wildman–Crippen LogP) is 9.32. The van der Waals surface area contributed by atoms with Gasteiger partial charge in [-0.1, -0.05) is 84.9 Å². The quantitative estimate of drug-likeness (QED) is 0.208. The number of hydrogen-bond donors (Lipinski definition) is 2. The number of H-pyrrole nitrogens is 2. The zero-order valence-corrected chi connectivity index (χ0v) is 26.3. The number of benzene rings is 4. The Kier molecular flexibility index (Phi) is 5.49. The van der Waals surface area contributed by atoms with Crippen LogP contribution in [-0.2, 0) is 10.8 Å². The van der Waals surface area contributed by atoms with Gasteiger partial charge in [0, 0.05) is 67.5 Å². The lowest BCUT2D eigenvalue weighted by atomic mass is 9.84. The SMILES string of the molecule is CC1(C)c2cn(-c3ccccc3)c(n2)-c2[nH]c(c3ccccc23)C(C)(C)c2cn(-c3ccccc3)c(n2)-c2[nH]c1c1ccccc21. The monoisotopic (exact) mass is 598 g/mol. The van der Waals surface area contributed by atoms with Gasteiger partial charge in [-0.25, -0.2) is 9.97 Å². The largest absolute Gasteiger partial charge is 0.354 e. The maximum Gasteiger partial charge on any atom is 0.162 e. The molecule has 0 atom stereocenters. The Morgan fingerprint density at radius 3 is 1.20 bits per heavy atom. The fraction of sp³-hybridized carbons (Fsp3) is 0.150. The van der Waals surface area contributed by atoms with Crippen LogP contribution in [0.15, 0.2) is 122 Å². The number of imidazole rings is 2. The normalized spacial score (nSPS) is 14.9. The van der Waals surface area contributed by atoms with E-state index in [1.54, 1.807) is 0 Å². The molecule has 46 heavy (non-hydrogen) atoms. The molecule has 2 N–H and O–H groups in total. The molecule has 8 aromatic rings. The molecule has 0 radical (unpaired) electrons. The molecule has 8 bridgehead atoms. The van der Waals surface area contributed by atoms with Crippen LogP contribution in [0.3, 0.4) is 0 Å². The number of para-hydroxylation sites is 2. The van der Waals surface area contributed by atoms with E-state index in [0.717, 1.165) is 68.0 Å². The molecule has 1 aliphatic heterocycles. The molecular formula is C40H34N6. The maximum absolute atomic E-state index is 5.48. The Balaban J connectivity index is 1.44. The van der Waals surface area contributed by atoms with E-state index >= 15 is 0 Å². The van der Waals surface area contributed by atoms with Gasteiger partial charge in [0.15, 0.2) is 11.6 Å². The molecule has 5 heterocycles. The van der Waals surface area contributed by atoms with Crippen LogP contribution in [0.2, 0.25) is 0 Å². The van der Waals surface area contributed by atoms with Gasteiger partial charge < -0.3 is 9.97 Å². The molecule has 1 aliphatic rings. The molecule has 6 heteroatoms. The highest BCUT2D eigenvalue weighted by Gasteiger charge is 2.37. The van der Waals surface area contributed by atoms with Crippen molar-refractivity contribution >= 4 is 21.5 Å². The van der Waals surface area contributed by atoms with E-state index in [4.69, 9.17) is 9.97 Å². The van der Waals surface area contributed by atoms with Crippen molar-refractivity contribution in [2.24, 2.45) is 0 Å². The van der Waals surface area contributed by atoms with Crippen molar-refractivity contribution in [1.29, 1.82) is 0 Å². The number of aromatic amines is 2. The Hall–Kier alpha value is -5.62. The lowest BCUT2D eigenvalue weighted by molar-refractivity contribution is 0.605. The Morgan fingerprint density at radius 1 is 0.457 bits per heavy atom. The van der Waals surface area contributed by atoms with Crippen molar-refractivity contribution in [2.45, 2.75) is 38.5 Å². The second-order valence-electron chi connectivity index (χ2n) is 13.4. The number of nitrogens with zero attached hydrogens (tertiary/aromatic N) is 4. The van der Waals surface area contributed by atoms with E-state index in [0.29, 0.717) is 0 Å². The fourth-order valence-electron chi connectivity index (χ4n) is 7.24. The molecule has 6 nitrogen and oxygen atoms in total. The number of aromatic nitrogens is 6. The standard InChI is InChI=1S/C40H34N6/c1-39(2)31-23-45(25-15-7-5-8-16-25)37(41-31)34-28-20-12-14-22-30(28)36(44-34)40(3,4)32-24-46(26-17-9-6-10-18-26)38(42-32)33-27-19-11-13-21-29(27)35(39)43-33/h5-24,43-44H,1-4H3. The summed E-state index contributed by atoms with van der Waals surface area (Å²) in [5, 5.41) is 4.62. The average Bonchev–Trinajstić information content (AvgIpc) is 3.87. The lowest BCUT2D eigenvalue weighted by Crippen LogP contribution is -2.21. The van der Waals surface area contributed by atoms with E-state index in [9.17, 15) is 0 Å². The van der Waals surface area contributed by atoms with E-state index in [2.05, 4.69) is 168 Å². The summed E-state index contributed by atoms with van der Waals surface area (Å²) in [6.45, 7) is 9.05. The second-order valence-corrected chi connectivity index (χ2v) is 13.4. The number of hydrogen-bond acceptors (Lipinski definition) is 2. The summed E-state index contributed by atoms with van der Waals surface area (Å²) in [6.07, 6.45) is 4.42. The molecule has 0 saturated carbocycles.